The third kappa shape index (κ3) is 5.09. The van der Waals surface area contributed by atoms with Gasteiger partial charge in [-0.25, -0.2) is 14.4 Å². The van der Waals surface area contributed by atoms with Crippen LogP contribution in [0.1, 0.15) is 64.2 Å². The van der Waals surface area contributed by atoms with Gasteiger partial charge in [-0.15, -0.1) is 0 Å². The van der Waals surface area contributed by atoms with Crippen molar-refractivity contribution < 1.29 is 23.5 Å². The molecular formula is C24H31NO6. The van der Waals surface area contributed by atoms with E-state index in [1.54, 1.807) is 33.8 Å². The van der Waals surface area contributed by atoms with Crippen molar-refractivity contribution >= 4 is 23.0 Å². The minimum atomic E-state index is -0.888. The minimum Gasteiger partial charge on any atom is -0.444 e. The Morgan fingerprint density at radius 3 is 2.35 bits per heavy atom. The van der Waals surface area contributed by atoms with Crippen molar-refractivity contribution in [2.75, 3.05) is 0 Å². The molecule has 0 saturated heterocycles. The molecule has 1 heterocycles. The smallest absolute Gasteiger partial charge is 0.408 e. The van der Waals surface area contributed by atoms with Crippen molar-refractivity contribution in [1.82, 2.24) is 5.32 Å². The van der Waals surface area contributed by atoms with Gasteiger partial charge in [0.25, 0.3) is 0 Å². The number of fused-ring (bicyclic) bond motifs is 3. The van der Waals surface area contributed by atoms with E-state index in [1.165, 1.54) is 0 Å². The van der Waals surface area contributed by atoms with Gasteiger partial charge in [0.2, 0.25) is 0 Å². The number of rotatable bonds is 4. The van der Waals surface area contributed by atoms with Crippen LogP contribution in [0.15, 0.2) is 21.3 Å². The zero-order valence-electron chi connectivity index (χ0n) is 19.1. The molecule has 0 spiro atoms. The number of ether oxygens (including phenoxy) is 2. The van der Waals surface area contributed by atoms with Gasteiger partial charge >= 0.3 is 17.7 Å². The Bertz CT molecular complexity index is 1060. The molecule has 0 unspecified atom stereocenters. The number of aryl methyl sites for hydroxylation is 2. The summed E-state index contributed by atoms with van der Waals surface area (Å²) in [5, 5.41) is 3.48. The first-order chi connectivity index (χ1) is 14.5. The van der Waals surface area contributed by atoms with Gasteiger partial charge < -0.3 is 19.2 Å². The topological polar surface area (TPSA) is 94.8 Å². The summed E-state index contributed by atoms with van der Waals surface area (Å²) in [6.07, 6.45) is 2.91. The lowest BCUT2D eigenvalue weighted by atomic mass is 9.90. The fourth-order valence-electron chi connectivity index (χ4n) is 3.84. The highest BCUT2D eigenvalue weighted by molar-refractivity contribution is 5.88. The third-order valence-electron chi connectivity index (χ3n) is 5.39. The zero-order chi connectivity index (χ0) is 22.9. The van der Waals surface area contributed by atoms with Crippen molar-refractivity contribution in [3.63, 3.8) is 0 Å². The van der Waals surface area contributed by atoms with E-state index in [1.807, 2.05) is 19.9 Å². The predicted molar refractivity (Wildman–Crippen MR) is 117 cm³/mol. The number of hydrogen-bond acceptors (Lipinski definition) is 6. The van der Waals surface area contributed by atoms with Gasteiger partial charge in [0.1, 0.15) is 23.0 Å². The van der Waals surface area contributed by atoms with Gasteiger partial charge in [-0.2, -0.15) is 0 Å². The molecule has 1 aliphatic rings. The van der Waals surface area contributed by atoms with Crippen molar-refractivity contribution in [3.8, 4) is 5.75 Å². The maximum atomic E-state index is 12.9. The largest absolute Gasteiger partial charge is 0.444 e. The van der Waals surface area contributed by atoms with Crippen LogP contribution in [0.2, 0.25) is 0 Å². The maximum Gasteiger partial charge on any atom is 0.408 e. The Morgan fingerprint density at radius 1 is 1.10 bits per heavy atom. The molecule has 31 heavy (non-hydrogen) atoms. The quantitative estimate of drug-likeness (QED) is 0.439. The zero-order valence-corrected chi connectivity index (χ0v) is 19.1. The van der Waals surface area contributed by atoms with Crippen LogP contribution in [0.5, 0.6) is 5.75 Å². The summed E-state index contributed by atoms with van der Waals surface area (Å²) < 4.78 is 16.5. The van der Waals surface area contributed by atoms with Crippen molar-refractivity contribution in [2.45, 2.75) is 78.9 Å². The average Bonchev–Trinajstić information content (AvgIpc) is 2.67. The van der Waals surface area contributed by atoms with Gasteiger partial charge in [0.05, 0.1) is 0 Å². The predicted octanol–water partition coefficient (Wildman–Crippen LogP) is 4.43. The Morgan fingerprint density at radius 2 is 1.74 bits per heavy atom. The van der Waals surface area contributed by atoms with Crippen LogP contribution in [0, 0.1) is 12.8 Å². The van der Waals surface area contributed by atoms with E-state index in [4.69, 9.17) is 13.9 Å². The Hall–Kier alpha value is -2.83. The summed E-state index contributed by atoms with van der Waals surface area (Å²) in [5.74, 6) is -0.526. The van der Waals surface area contributed by atoms with Gasteiger partial charge in [-0.1, -0.05) is 13.8 Å². The van der Waals surface area contributed by atoms with Crippen LogP contribution in [0.25, 0.3) is 11.0 Å². The monoisotopic (exact) mass is 429 g/mol. The highest BCUT2D eigenvalue weighted by Crippen LogP contribution is 2.32. The lowest BCUT2D eigenvalue weighted by Gasteiger charge is -2.25. The fraction of sp³-hybridized carbons (Fsp3) is 0.542. The molecule has 1 N–H and O–H groups in total. The summed E-state index contributed by atoms with van der Waals surface area (Å²) in [7, 11) is 0. The van der Waals surface area contributed by atoms with E-state index in [0.717, 1.165) is 42.2 Å². The minimum absolute atomic E-state index is 0.217. The summed E-state index contributed by atoms with van der Waals surface area (Å²) in [6, 6.07) is 2.67. The molecule has 1 atom stereocenters. The number of carbonyl (C=O) groups excluding carboxylic acids is 2. The summed E-state index contributed by atoms with van der Waals surface area (Å²) >= 11 is 0. The van der Waals surface area contributed by atoms with Crippen LogP contribution in [-0.2, 0) is 22.4 Å². The molecule has 168 valence electrons. The van der Waals surface area contributed by atoms with E-state index >= 15 is 0 Å². The number of nitrogens with one attached hydrogen (secondary N) is 1. The van der Waals surface area contributed by atoms with E-state index in [0.29, 0.717) is 16.9 Å². The third-order valence-corrected chi connectivity index (χ3v) is 5.39. The maximum absolute atomic E-state index is 12.9. The Labute approximate surface area is 182 Å². The molecular weight excluding hydrogens is 398 g/mol. The second kappa shape index (κ2) is 8.73. The SMILES string of the molecule is Cc1c(OC(=O)[C@H](NC(=O)OC(C)(C)C)C(C)C)ccc2c3c(c(=O)oc12)CCCC3. The number of amides is 1. The van der Waals surface area contributed by atoms with Crippen molar-refractivity contribution in [2.24, 2.45) is 5.92 Å². The average molecular weight is 430 g/mol. The molecule has 0 bridgehead atoms. The summed E-state index contributed by atoms with van der Waals surface area (Å²) in [4.78, 5) is 37.5. The van der Waals surface area contributed by atoms with Gasteiger partial charge in [0, 0.05) is 16.5 Å². The Balaban J connectivity index is 1.87. The van der Waals surface area contributed by atoms with Crippen molar-refractivity contribution in [1.29, 1.82) is 0 Å². The highest BCUT2D eigenvalue weighted by atomic mass is 16.6. The van der Waals surface area contributed by atoms with Gasteiger partial charge in [-0.3, -0.25) is 0 Å². The molecule has 0 fully saturated rings. The number of hydrogen-bond donors (Lipinski definition) is 1. The van der Waals surface area contributed by atoms with E-state index in [2.05, 4.69) is 5.32 Å². The first kappa shape index (κ1) is 22.8. The second-order valence-electron chi connectivity index (χ2n) is 9.41. The molecule has 7 heteroatoms. The van der Waals surface area contributed by atoms with Crippen LogP contribution >= 0.6 is 0 Å². The molecule has 1 aromatic heterocycles. The van der Waals surface area contributed by atoms with Gasteiger partial charge in [0.15, 0.2) is 0 Å². The van der Waals surface area contributed by atoms with E-state index < -0.39 is 23.7 Å². The molecule has 0 aliphatic heterocycles. The molecule has 7 nitrogen and oxygen atoms in total. The van der Waals surface area contributed by atoms with E-state index in [9.17, 15) is 14.4 Å². The van der Waals surface area contributed by atoms with Crippen molar-refractivity contribution in [3.05, 3.63) is 39.2 Å². The molecule has 1 amide bonds. The highest BCUT2D eigenvalue weighted by Gasteiger charge is 2.29. The van der Waals surface area contributed by atoms with Crippen LogP contribution in [0.3, 0.4) is 0 Å². The standard InChI is InChI=1S/C24H31NO6/c1-13(2)19(25-23(28)31-24(4,5)6)22(27)29-18-12-11-16-15-9-7-8-10-17(15)21(26)30-20(16)14(18)3/h11-13,19H,7-10H2,1-6H3,(H,25,28)/t19-/m1/s1. The molecule has 2 aromatic rings. The molecule has 0 radical (unpaired) electrons. The molecule has 3 rings (SSSR count). The first-order valence-corrected chi connectivity index (χ1v) is 10.8. The molecule has 0 saturated carbocycles. The van der Waals surface area contributed by atoms with Crippen LogP contribution in [-0.4, -0.2) is 23.7 Å². The lowest BCUT2D eigenvalue weighted by Crippen LogP contribution is -2.48. The number of carbonyl (C=O) groups is 2. The lowest BCUT2D eigenvalue weighted by molar-refractivity contribution is -0.138. The normalized spacial score (nSPS) is 14.8. The summed E-state index contributed by atoms with van der Waals surface area (Å²) in [6.45, 7) is 10.6. The van der Waals surface area contributed by atoms with Gasteiger partial charge in [-0.05, 0) is 77.0 Å². The van der Waals surface area contributed by atoms with E-state index in [-0.39, 0.29) is 11.5 Å². The van der Waals surface area contributed by atoms with Crippen LogP contribution < -0.4 is 15.7 Å². The molecule has 1 aromatic carbocycles. The Kier molecular flexibility index (Phi) is 6.43. The number of benzene rings is 1. The van der Waals surface area contributed by atoms with Crippen LogP contribution in [0.4, 0.5) is 4.79 Å². The number of esters is 1. The second-order valence-corrected chi connectivity index (χ2v) is 9.41. The molecule has 1 aliphatic carbocycles. The number of alkyl carbamates (subject to hydrolysis) is 1. The summed E-state index contributed by atoms with van der Waals surface area (Å²) in [5.41, 5.74) is 1.81. The fourth-order valence-corrected chi connectivity index (χ4v) is 3.84. The first-order valence-electron chi connectivity index (χ1n) is 10.8.